The average molecular weight is 234 g/mol. The van der Waals surface area contributed by atoms with Crippen LogP contribution in [0.1, 0.15) is 39.5 Å². The molecule has 0 radical (unpaired) electrons. The molecule has 2 fully saturated rings. The molecule has 0 aromatic heterocycles. The molecule has 0 amide bonds. The molecule has 0 aromatic carbocycles. The minimum atomic E-state index is 0.394. The van der Waals surface area contributed by atoms with Crippen LogP contribution in [0.5, 0.6) is 0 Å². The van der Waals surface area contributed by atoms with Crippen LogP contribution in [0, 0.1) is 29.6 Å². The maximum atomic E-state index is 9.34. The summed E-state index contributed by atoms with van der Waals surface area (Å²) >= 11 is 0. The van der Waals surface area contributed by atoms with Gasteiger partial charge in [0.05, 0.1) is 0 Å². The summed E-state index contributed by atoms with van der Waals surface area (Å²) in [5.74, 6) is 3.44. The van der Waals surface area contributed by atoms with E-state index >= 15 is 0 Å². The third-order valence-electron chi connectivity index (χ3n) is 5.27. The van der Waals surface area contributed by atoms with Crippen molar-refractivity contribution in [2.24, 2.45) is 39.8 Å². The fourth-order valence-electron chi connectivity index (χ4n) is 4.10. The maximum absolute atomic E-state index is 9.34. The summed E-state index contributed by atoms with van der Waals surface area (Å²) in [6.07, 6.45) is 5.03. The summed E-state index contributed by atoms with van der Waals surface area (Å²) in [6, 6.07) is 0. The monoisotopic (exact) mass is 234 g/mol. The largest absolute Gasteiger partial charge is 0.396 e. The summed E-state index contributed by atoms with van der Waals surface area (Å²) in [7, 11) is 0. The smallest absolute Gasteiger partial charge is 0.0464 e. The quantitative estimate of drug-likeness (QED) is 0.744. The molecule has 5 atom stereocenters. The second-order valence-corrected chi connectivity index (χ2v) is 6.02. The number of hydrogen-bond acceptors (Lipinski definition) is 3. The minimum Gasteiger partial charge on any atom is -0.396 e. The predicted octanol–water partition coefficient (Wildman–Crippen LogP) is 2.50. The van der Waals surface area contributed by atoms with E-state index in [1.54, 1.807) is 0 Å². The molecule has 94 valence electrons. The lowest BCUT2D eigenvalue weighted by Gasteiger charge is -2.30. The first kappa shape index (κ1) is 11.4. The van der Waals surface area contributed by atoms with Crippen molar-refractivity contribution in [3.05, 3.63) is 0 Å². The molecule has 0 unspecified atom stereocenters. The van der Waals surface area contributed by atoms with Crippen molar-refractivity contribution in [3.63, 3.8) is 0 Å². The average Bonchev–Trinajstić information content (AvgIpc) is 2.96. The summed E-state index contributed by atoms with van der Waals surface area (Å²) < 4.78 is 0. The molecular formula is C14H22N2O. The van der Waals surface area contributed by atoms with Crippen molar-refractivity contribution >= 4 is 11.4 Å². The van der Waals surface area contributed by atoms with E-state index in [-0.39, 0.29) is 0 Å². The van der Waals surface area contributed by atoms with Gasteiger partial charge in [-0.25, -0.2) is 0 Å². The number of nitrogens with zero attached hydrogens (tertiary/aromatic N) is 2. The van der Waals surface area contributed by atoms with Gasteiger partial charge in [-0.15, -0.1) is 0 Å². The van der Waals surface area contributed by atoms with Crippen LogP contribution < -0.4 is 0 Å². The molecule has 17 heavy (non-hydrogen) atoms. The Morgan fingerprint density at radius 1 is 0.941 bits per heavy atom. The van der Waals surface area contributed by atoms with Crippen LogP contribution in [0.2, 0.25) is 0 Å². The molecule has 3 aliphatic rings. The van der Waals surface area contributed by atoms with Gasteiger partial charge in [-0.2, -0.15) is 10.2 Å². The zero-order valence-corrected chi connectivity index (χ0v) is 10.8. The first-order chi connectivity index (χ1) is 8.22. The van der Waals surface area contributed by atoms with E-state index in [0.29, 0.717) is 24.4 Å². The van der Waals surface area contributed by atoms with E-state index in [0.717, 1.165) is 11.8 Å². The van der Waals surface area contributed by atoms with Crippen LogP contribution in [0.4, 0.5) is 0 Å². The highest BCUT2D eigenvalue weighted by Crippen LogP contribution is 2.54. The van der Waals surface area contributed by atoms with Gasteiger partial charge in [0.15, 0.2) is 0 Å². The molecule has 2 aliphatic carbocycles. The van der Waals surface area contributed by atoms with E-state index in [9.17, 15) is 5.11 Å². The summed E-state index contributed by atoms with van der Waals surface area (Å²) in [5, 5.41) is 17.9. The van der Waals surface area contributed by atoms with Crippen molar-refractivity contribution in [1.82, 2.24) is 0 Å². The van der Waals surface area contributed by atoms with Gasteiger partial charge in [-0.05, 0) is 57.3 Å². The molecule has 1 N–H and O–H groups in total. The molecule has 3 nitrogen and oxygen atoms in total. The Labute approximate surface area is 103 Å². The Hall–Kier alpha value is -0.700. The normalized spacial score (nSPS) is 44.8. The van der Waals surface area contributed by atoms with E-state index in [1.807, 2.05) is 0 Å². The van der Waals surface area contributed by atoms with E-state index in [1.165, 1.54) is 37.1 Å². The molecule has 3 heteroatoms. The minimum absolute atomic E-state index is 0.394. The number of hydrogen-bond donors (Lipinski definition) is 1. The Morgan fingerprint density at radius 2 is 1.41 bits per heavy atom. The van der Waals surface area contributed by atoms with Gasteiger partial charge in [-0.3, -0.25) is 0 Å². The van der Waals surface area contributed by atoms with Crippen molar-refractivity contribution in [3.8, 4) is 0 Å². The van der Waals surface area contributed by atoms with Crippen molar-refractivity contribution in [1.29, 1.82) is 0 Å². The third kappa shape index (κ3) is 1.85. The highest BCUT2D eigenvalue weighted by molar-refractivity contribution is 5.96. The van der Waals surface area contributed by atoms with E-state index in [4.69, 9.17) is 0 Å². The molecule has 1 aliphatic heterocycles. The van der Waals surface area contributed by atoms with Crippen LogP contribution in [0.15, 0.2) is 10.2 Å². The fourth-order valence-corrected chi connectivity index (χ4v) is 4.10. The predicted molar refractivity (Wildman–Crippen MR) is 69.2 cm³/mol. The lowest BCUT2D eigenvalue weighted by atomic mass is 9.76. The molecule has 0 bridgehead atoms. The number of aliphatic hydroxyl groups excluding tert-OH is 1. The standard InChI is InChI=1S/C14H22N2O/c1-8-10-3-5-12-13(14(12)7-17)6-4-11(10)9(2)16-15-8/h10-14,17H,3-7H2,1-2H3/t10-,11-,12-,13+,14+/m1/s1. The first-order valence-corrected chi connectivity index (χ1v) is 6.92. The zero-order chi connectivity index (χ0) is 12.0. The third-order valence-corrected chi connectivity index (χ3v) is 5.27. The SMILES string of the molecule is CC1=NN=C(C)[C@H]2CC[C@H]3[C@H](CO)[C@H]3CC[C@H]12. The molecule has 1 heterocycles. The Bertz CT molecular complexity index is 340. The Morgan fingerprint density at radius 3 is 1.82 bits per heavy atom. The lowest BCUT2D eigenvalue weighted by molar-refractivity contribution is 0.262. The summed E-state index contributed by atoms with van der Waals surface area (Å²) in [6.45, 7) is 4.65. The van der Waals surface area contributed by atoms with Crippen molar-refractivity contribution in [2.75, 3.05) is 6.61 Å². The molecule has 0 aromatic rings. The van der Waals surface area contributed by atoms with Crippen LogP contribution in [0.25, 0.3) is 0 Å². The van der Waals surface area contributed by atoms with Crippen LogP contribution in [-0.2, 0) is 0 Å². The molecule has 0 saturated heterocycles. The molecule has 3 rings (SSSR count). The van der Waals surface area contributed by atoms with Gasteiger partial charge in [0.2, 0.25) is 0 Å². The van der Waals surface area contributed by atoms with Crippen LogP contribution >= 0.6 is 0 Å². The van der Waals surface area contributed by atoms with Crippen molar-refractivity contribution < 1.29 is 5.11 Å². The van der Waals surface area contributed by atoms with Crippen LogP contribution in [-0.4, -0.2) is 23.1 Å². The van der Waals surface area contributed by atoms with Gasteiger partial charge in [0.25, 0.3) is 0 Å². The molecule has 0 spiro atoms. The Kier molecular flexibility index (Phi) is 2.81. The van der Waals surface area contributed by atoms with Crippen LogP contribution in [0.3, 0.4) is 0 Å². The second-order valence-electron chi connectivity index (χ2n) is 6.02. The topological polar surface area (TPSA) is 45.0 Å². The van der Waals surface area contributed by atoms with E-state index in [2.05, 4.69) is 24.1 Å². The summed E-state index contributed by atoms with van der Waals surface area (Å²) in [5.41, 5.74) is 2.44. The fraction of sp³-hybridized carbons (Fsp3) is 0.857. The number of aliphatic hydroxyl groups is 1. The Balaban J connectivity index is 1.76. The van der Waals surface area contributed by atoms with Crippen molar-refractivity contribution in [2.45, 2.75) is 39.5 Å². The maximum Gasteiger partial charge on any atom is 0.0464 e. The van der Waals surface area contributed by atoms with Gasteiger partial charge in [0, 0.05) is 29.9 Å². The first-order valence-electron chi connectivity index (χ1n) is 6.92. The molecular weight excluding hydrogens is 212 g/mol. The zero-order valence-electron chi connectivity index (χ0n) is 10.8. The second kappa shape index (κ2) is 4.20. The van der Waals surface area contributed by atoms with Gasteiger partial charge in [-0.1, -0.05) is 0 Å². The summed E-state index contributed by atoms with van der Waals surface area (Å²) in [4.78, 5) is 0. The number of rotatable bonds is 1. The highest BCUT2D eigenvalue weighted by Gasteiger charge is 2.50. The van der Waals surface area contributed by atoms with Gasteiger partial charge < -0.3 is 5.11 Å². The molecule has 2 saturated carbocycles. The van der Waals surface area contributed by atoms with E-state index < -0.39 is 0 Å². The lowest BCUT2D eigenvalue weighted by Crippen LogP contribution is -2.31. The highest BCUT2D eigenvalue weighted by atomic mass is 16.3. The number of fused-ring (bicyclic) bond motifs is 2. The van der Waals surface area contributed by atoms with Gasteiger partial charge >= 0.3 is 0 Å². The van der Waals surface area contributed by atoms with Gasteiger partial charge in [0.1, 0.15) is 0 Å².